The van der Waals surface area contributed by atoms with Crippen molar-refractivity contribution < 1.29 is 97.9 Å². The van der Waals surface area contributed by atoms with Gasteiger partial charge in [-0.05, 0) is 136 Å². The molecular weight excluding hydrogens is 1490 g/mol. The summed E-state index contributed by atoms with van der Waals surface area (Å²) in [6.45, 7) is 17.0. The Morgan fingerprint density at radius 2 is 1.01 bits per heavy atom. The van der Waals surface area contributed by atoms with E-state index in [9.17, 15) is 64.8 Å². The number of sulfonamides is 2. The van der Waals surface area contributed by atoms with Gasteiger partial charge in [0.1, 0.15) is 66.6 Å². The molecule has 112 heavy (non-hydrogen) atoms. The van der Waals surface area contributed by atoms with Crippen LogP contribution in [0.1, 0.15) is 193 Å². The van der Waals surface area contributed by atoms with Gasteiger partial charge in [-0.3, -0.25) is 43.2 Å². The van der Waals surface area contributed by atoms with Gasteiger partial charge in [0.15, 0.2) is 0 Å². The maximum Gasteiger partial charge on any atom is 0.410 e. The van der Waals surface area contributed by atoms with Crippen molar-refractivity contribution >= 4 is 79.9 Å². The summed E-state index contributed by atoms with van der Waals surface area (Å²) < 4.78 is 92.9. The number of nitrogens with two attached hydrogens (primary N) is 1. The minimum atomic E-state index is -3.89. The number of rotatable bonds is 11. The highest BCUT2D eigenvalue weighted by Gasteiger charge is 2.63. The normalized spacial score (nSPS) is 29.7. The van der Waals surface area contributed by atoms with E-state index in [0.29, 0.717) is 77.1 Å². The quantitative estimate of drug-likeness (QED) is 0.0729. The van der Waals surface area contributed by atoms with E-state index in [1.54, 1.807) is 30.6 Å². The van der Waals surface area contributed by atoms with Gasteiger partial charge in [0.05, 0.1) is 62.5 Å². The Morgan fingerprint density at radius 3 is 1.41 bits per heavy atom. The first-order valence-electron chi connectivity index (χ1n) is 39.4. The van der Waals surface area contributed by atoms with E-state index in [0.717, 1.165) is 85.8 Å². The largest absolute Gasteiger partial charge is 0.489 e. The number of allylic oxidation sites excluding steroid dienone is 2. The molecule has 6 aliphatic heterocycles. The van der Waals surface area contributed by atoms with Gasteiger partial charge in [0.2, 0.25) is 37.8 Å². The molecule has 7 N–H and O–H groups in total. The van der Waals surface area contributed by atoms with E-state index >= 15 is 0 Å². The first-order valence-corrected chi connectivity index (χ1v) is 42.5. The van der Waals surface area contributed by atoms with E-state index < -0.39 is 143 Å². The van der Waals surface area contributed by atoms with Crippen LogP contribution < -0.4 is 40.6 Å². The van der Waals surface area contributed by atoms with Crippen molar-refractivity contribution in [2.45, 2.75) is 255 Å². The molecule has 8 fully saturated rings. The number of carbonyl (C=O) groups is 10. The number of methoxy groups -OCH3 is 1. The van der Waals surface area contributed by atoms with E-state index in [2.05, 4.69) is 37.5 Å². The topological polar surface area (TPSA) is 403 Å². The van der Waals surface area contributed by atoms with Crippen molar-refractivity contribution in [3.63, 3.8) is 0 Å². The summed E-state index contributed by atoms with van der Waals surface area (Å²) in [6, 6.07) is 7.20. The molecule has 2 spiro atoms. The highest BCUT2D eigenvalue weighted by molar-refractivity contribution is 7.91. The van der Waals surface area contributed by atoms with Gasteiger partial charge in [-0.1, -0.05) is 117 Å². The molecule has 2 saturated heterocycles. The predicted octanol–water partition coefficient (Wildman–Crippen LogP) is 7.30. The molecule has 2 aromatic rings. The number of esters is 1. The van der Waals surface area contributed by atoms with Crippen molar-refractivity contribution in [1.82, 2.24) is 45.0 Å². The van der Waals surface area contributed by atoms with Gasteiger partial charge in [-0.2, -0.15) is 0 Å². The molecular formula is C79H110N10O21S2. The molecule has 6 aliphatic carbocycles. The van der Waals surface area contributed by atoms with Crippen LogP contribution in [-0.4, -0.2) is 201 Å². The molecule has 8 bridgehead atoms. The molecule has 614 valence electrons. The zero-order valence-electron chi connectivity index (χ0n) is 65.6. The summed E-state index contributed by atoms with van der Waals surface area (Å²) in [4.78, 5) is 140. The number of hydrogen-bond acceptors (Lipinski definition) is 22. The number of benzene rings is 2. The van der Waals surface area contributed by atoms with Gasteiger partial charge in [-0.25, -0.2) is 40.8 Å². The summed E-state index contributed by atoms with van der Waals surface area (Å²) in [5, 5.41) is 7.34. The Kier molecular flexibility index (Phi) is 24.1. The summed E-state index contributed by atoms with van der Waals surface area (Å²) in [5.74, 6) is -2.44. The number of carbonyl (C=O) groups excluding carboxylic acids is 10. The molecule has 0 radical (unpaired) electrons. The molecule has 6 heterocycles. The Morgan fingerprint density at radius 1 is 0.571 bits per heavy atom. The fourth-order valence-corrected chi connectivity index (χ4v) is 18.6. The van der Waals surface area contributed by atoms with Crippen LogP contribution in [0.2, 0.25) is 0 Å². The highest BCUT2D eigenvalue weighted by Crippen LogP contribution is 2.52. The second-order valence-electron chi connectivity index (χ2n) is 34.7. The molecule has 2 unspecified atom stereocenters. The van der Waals surface area contributed by atoms with Gasteiger partial charge in [0, 0.05) is 47.9 Å². The molecule has 14 rings (SSSR count). The van der Waals surface area contributed by atoms with Gasteiger partial charge >= 0.3 is 30.3 Å². The number of alkyl carbamates (subject to hydrolysis) is 2. The standard InChI is InChI=1S/C39H53N5O10S.C31H41N3O8.C9H16N2O3S/c1-5-25-19-39(25,34(47)42-55(50,51)27-12-13-27)41-32(45)29-18-26-21-44(29)33(46)31(37(2,3)4)40-35(48)53-23-38(15-16-38)14-7-6-8-17-52-30-11-9-10-24-20-43(22-28(24)30)36(49)54-26;1-30(2,3)25-26(35)34-17-21(15-23(34)27(36)39-4)42-29(38)33-16-20-9-8-10-24(22(20)18-33)40-14-7-5-6-11-31(12-13-31)19-41-28(37)32-25;1-2-6-5-9(6,10)8(12)11-15(13,14)7-3-4-7/h6,8-11,25-27,29,31H,5,7,12-23H2,1-4H3,(H,40,48)(H,41,45)(H,42,47);5,7-10,21,23,25H,6,11-19H2,1-4H3,(H,32,37);6-7H,2-5,10H2,1H3,(H,11,12)/b8-6+;7-5+;/t25-,26+,29?,31+,39-;21-,23?,25-;6-,9-/m010/s1. The molecule has 33 heteroatoms. The molecule has 12 aliphatic rings. The lowest BCUT2D eigenvalue weighted by atomic mass is 9.85. The van der Waals surface area contributed by atoms with Crippen LogP contribution in [0.15, 0.2) is 60.7 Å². The predicted molar refractivity (Wildman–Crippen MR) is 405 cm³/mol. The Balaban J connectivity index is 0.000000179. The minimum Gasteiger partial charge on any atom is -0.489 e. The monoisotopic (exact) mass is 1600 g/mol. The average Bonchev–Trinajstić information content (AvgIpc) is 1.58. The number of cyclic esters (lactones) is 2. The Bertz CT molecular complexity index is 4280. The number of nitrogens with one attached hydrogen (secondary N) is 5. The van der Waals surface area contributed by atoms with E-state index in [4.69, 9.17) is 38.9 Å². The van der Waals surface area contributed by atoms with Crippen LogP contribution in [0, 0.1) is 33.5 Å². The number of ether oxygens (including phenoxy) is 7. The maximum atomic E-state index is 14.6. The molecule has 9 amide bonds. The van der Waals surface area contributed by atoms with Crippen molar-refractivity contribution in [3.05, 3.63) is 83.0 Å². The molecule has 31 nitrogen and oxygen atoms in total. The van der Waals surface area contributed by atoms with Gasteiger partial charge < -0.3 is 64.6 Å². The average molecular weight is 1600 g/mol. The zero-order valence-corrected chi connectivity index (χ0v) is 67.2. The van der Waals surface area contributed by atoms with Crippen molar-refractivity contribution in [2.24, 2.45) is 39.2 Å². The Hall–Kier alpha value is -8.72. The second kappa shape index (κ2) is 32.6. The van der Waals surface area contributed by atoms with Crippen LogP contribution >= 0.6 is 0 Å². The summed E-state index contributed by atoms with van der Waals surface area (Å²) >= 11 is 0. The number of nitrogens with zero attached hydrogens (tertiary/aromatic N) is 4. The molecule has 6 saturated carbocycles. The maximum absolute atomic E-state index is 14.6. The molecule has 10 atom stereocenters. The summed E-state index contributed by atoms with van der Waals surface area (Å²) in [7, 11) is -6.07. The number of amides is 9. The summed E-state index contributed by atoms with van der Waals surface area (Å²) in [6.07, 6.45) is 15.4. The van der Waals surface area contributed by atoms with Crippen molar-refractivity contribution in [2.75, 3.05) is 46.6 Å². The Labute approximate surface area is 655 Å². The van der Waals surface area contributed by atoms with Crippen LogP contribution in [-0.2, 0) is 98.7 Å². The van der Waals surface area contributed by atoms with E-state index in [1.165, 1.54) is 16.9 Å². The third kappa shape index (κ3) is 19.2. The lowest BCUT2D eigenvalue weighted by Crippen LogP contribution is -2.60. The fourth-order valence-electron chi connectivity index (χ4n) is 15.8. The lowest BCUT2D eigenvalue weighted by molar-refractivity contribution is -0.152. The first kappa shape index (κ1) is 82.7. The summed E-state index contributed by atoms with van der Waals surface area (Å²) in [5.41, 5.74) is 5.44. The van der Waals surface area contributed by atoms with Crippen molar-refractivity contribution in [3.8, 4) is 11.5 Å². The van der Waals surface area contributed by atoms with Crippen LogP contribution in [0.4, 0.5) is 19.2 Å². The van der Waals surface area contributed by atoms with Crippen LogP contribution in [0.5, 0.6) is 11.5 Å². The molecule has 0 aromatic heterocycles. The van der Waals surface area contributed by atoms with E-state index in [-0.39, 0.29) is 80.0 Å². The minimum absolute atomic E-state index is 0.00174. The number of hydrogen-bond donors (Lipinski definition) is 6. The SMILES string of the molecule is CC[C@H]1C[C@@]1(N)C(=O)NS(=O)(=O)C1CC1.CC[C@H]1C[C@@]1(NC(=O)C1C[C@@H]2CN1C(=O)[C@H](C(C)(C)C)NC(=O)OCC1(CC/C=C/COc3cccc4c3CN(C4)C(=O)O2)CC1)C(=O)NS(=O)(=O)C1CC1.COC(=O)C1C[C@@H]2CN1C(=O)[C@H](C(C)(C)C)NC(=O)OCC1(CC/C=C/COc3cccc4c3CN(C4)C(=O)O2)CC1. The van der Waals surface area contributed by atoms with Crippen molar-refractivity contribution in [1.29, 1.82) is 0 Å². The lowest BCUT2D eigenvalue weighted by Gasteiger charge is -2.35. The van der Waals surface area contributed by atoms with Crippen LogP contribution in [0.3, 0.4) is 0 Å². The van der Waals surface area contributed by atoms with Crippen LogP contribution in [0.25, 0.3) is 0 Å². The third-order valence-corrected chi connectivity index (χ3v) is 27.6. The highest BCUT2D eigenvalue weighted by atomic mass is 32.2. The van der Waals surface area contributed by atoms with E-state index in [1.807, 2.05) is 83.2 Å². The number of fused-ring (bicyclic) bond motifs is 6. The zero-order chi connectivity index (χ0) is 80.7. The second-order valence-corrected chi connectivity index (χ2v) is 38.6. The fraction of sp³-hybridized carbons (Fsp3) is 0.671. The van der Waals surface area contributed by atoms with Gasteiger partial charge in [0.25, 0.3) is 11.8 Å². The first-order chi connectivity index (χ1) is 52.9. The van der Waals surface area contributed by atoms with Gasteiger partial charge in [-0.15, -0.1) is 0 Å². The smallest absolute Gasteiger partial charge is 0.410 e. The third-order valence-electron chi connectivity index (χ3n) is 24.0. The molecule has 2 aromatic carbocycles.